The number of para-hydroxylation sites is 1. The van der Waals surface area contributed by atoms with E-state index in [4.69, 9.17) is 9.73 Å². The third-order valence-corrected chi connectivity index (χ3v) is 4.58. The molecule has 0 bridgehead atoms. The Morgan fingerprint density at radius 2 is 1.96 bits per heavy atom. The van der Waals surface area contributed by atoms with Crippen molar-refractivity contribution in [3.05, 3.63) is 46.8 Å². The highest BCUT2D eigenvalue weighted by atomic mass is 127. The SMILES string of the molecule is CCNC(=NCc1ccccc1OCC)NC(C)Cc1c(C)nn(C)c1C.I. The monoisotopic (exact) mass is 499 g/mol. The van der Waals surface area contributed by atoms with Crippen LogP contribution in [0.25, 0.3) is 0 Å². The number of hydrogen-bond donors (Lipinski definition) is 2. The average Bonchev–Trinajstić information content (AvgIpc) is 2.87. The molecule has 0 radical (unpaired) electrons. The lowest BCUT2D eigenvalue weighted by Gasteiger charge is -2.18. The van der Waals surface area contributed by atoms with E-state index in [0.717, 1.165) is 35.9 Å². The molecule has 156 valence electrons. The van der Waals surface area contributed by atoms with Gasteiger partial charge in [-0.3, -0.25) is 4.68 Å². The topological polar surface area (TPSA) is 63.5 Å². The molecule has 28 heavy (non-hydrogen) atoms. The number of nitrogens with one attached hydrogen (secondary N) is 2. The number of rotatable bonds is 8. The molecule has 0 spiro atoms. The standard InChI is InChI=1S/C21H33N5O.HI/c1-7-22-21(23-14-18-11-9-10-12-20(18)27-8-2)24-15(3)13-19-16(4)25-26(6)17(19)5;/h9-12,15H,7-8,13-14H2,1-6H3,(H2,22,23,24);1H. The Kier molecular flexibility index (Phi) is 10.3. The fourth-order valence-electron chi connectivity index (χ4n) is 3.12. The van der Waals surface area contributed by atoms with Gasteiger partial charge < -0.3 is 15.4 Å². The predicted molar refractivity (Wildman–Crippen MR) is 127 cm³/mol. The maximum Gasteiger partial charge on any atom is 0.191 e. The van der Waals surface area contributed by atoms with Crippen LogP contribution in [0.1, 0.15) is 43.3 Å². The maximum atomic E-state index is 5.70. The Morgan fingerprint density at radius 3 is 2.57 bits per heavy atom. The van der Waals surface area contributed by atoms with Gasteiger partial charge in [0.1, 0.15) is 5.75 Å². The third kappa shape index (κ3) is 6.68. The minimum atomic E-state index is 0. The highest BCUT2D eigenvalue weighted by Crippen LogP contribution is 2.19. The van der Waals surface area contributed by atoms with E-state index >= 15 is 0 Å². The van der Waals surface area contributed by atoms with Gasteiger partial charge in [-0.15, -0.1) is 24.0 Å². The van der Waals surface area contributed by atoms with Crippen molar-refractivity contribution in [1.82, 2.24) is 20.4 Å². The summed E-state index contributed by atoms with van der Waals surface area (Å²) in [6.07, 6.45) is 0.908. The summed E-state index contributed by atoms with van der Waals surface area (Å²) >= 11 is 0. The van der Waals surface area contributed by atoms with Crippen LogP contribution in [0, 0.1) is 13.8 Å². The lowest BCUT2D eigenvalue weighted by molar-refractivity contribution is 0.336. The highest BCUT2D eigenvalue weighted by Gasteiger charge is 2.14. The number of benzene rings is 1. The summed E-state index contributed by atoms with van der Waals surface area (Å²) < 4.78 is 7.64. The summed E-state index contributed by atoms with van der Waals surface area (Å²) in [7, 11) is 1.99. The normalized spacial score (nSPS) is 12.3. The Balaban J connectivity index is 0.00000392. The van der Waals surface area contributed by atoms with Crippen molar-refractivity contribution in [3.8, 4) is 5.75 Å². The van der Waals surface area contributed by atoms with Crippen molar-refractivity contribution in [2.24, 2.45) is 12.0 Å². The molecule has 2 rings (SSSR count). The van der Waals surface area contributed by atoms with Gasteiger partial charge >= 0.3 is 0 Å². The second-order valence-corrected chi connectivity index (χ2v) is 6.76. The summed E-state index contributed by atoms with van der Waals surface area (Å²) in [6, 6.07) is 8.30. The zero-order chi connectivity index (χ0) is 19.8. The largest absolute Gasteiger partial charge is 0.494 e. The predicted octanol–water partition coefficient (Wildman–Crippen LogP) is 3.74. The van der Waals surface area contributed by atoms with Gasteiger partial charge in [-0.05, 0) is 52.7 Å². The molecule has 0 aliphatic heterocycles. The van der Waals surface area contributed by atoms with E-state index in [1.807, 2.05) is 36.9 Å². The van der Waals surface area contributed by atoms with Crippen molar-refractivity contribution in [2.75, 3.05) is 13.2 Å². The van der Waals surface area contributed by atoms with E-state index in [-0.39, 0.29) is 30.0 Å². The number of ether oxygens (including phenoxy) is 1. The van der Waals surface area contributed by atoms with Gasteiger partial charge in [-0.2, -0.15) is 5.10 Å². The zero-order valence-corrected chi connectivity index (χ0v) is 20.2. The Morgan fingerprint density at radius 1 is 1.25 bits per heavy atom. The second kappa shape index (κ2) is 11.9. The van der Waals surface area contributed by atoms with Crippen molar-refractivity contribution in [3.63, 3.8) is 0 Å². The Labute approximate surface area is 186 Å². The molecule has 1 heterocycles. The van der Waals surface area contributed by atoms with Gasteiger partial charge in [0, 0.05) is 30.9 Å². The fourth-order valence-corrected chi connectivity index (χ4v) is 3.12. The van der Waals surface area contributed by atoms with Gasteiger partial charge in [-0.25, -0.2) is 4.99 Å². The Bertz CT molecular complexity index is 772. The number of nitrogens with zero attached hydrogens (tertiary/aromatic N) is 3. The molecule has 6 nitrogen and oxygen atoms in total. The number of halogens is 1. The first-order valence-electron chi connectivity index (χ1n) is 9.70. The molecule has 0 aliphatic carbocycles. The molecule has 1 atom stereocenters. The van der Waals surface area contributed by atoms with Crippen molar-refractivity contribution in [2.45, 2.75) is 53.6 Å². The van der Waals surface area contributed by atoms with Crippen LogP contribution in [-0.4, -0.2) is 34.9 Å². The van der Waals surface area contributed by atoms with Crippen molar-refractivity contribution in [1.29, 1.82) is 0 Å². The molecule has 2 aromatic rings. The zero-order valence-electron chi connectivity index (χ0n) is 17.9. The Hall–Kier alpha value is -1.77. The minimum Gasteiger partial charge on any atom is -0.494 e. The molecule has 0 fully saturated rings. The van der Waals surface area contributed by atoms with Gasteiger partial charge in [0.2, 0.25) is 0 Å². The van der Waals surface area contributed by atoms with Crippen LogP contribution in [0.15, 0.2) is 29.3 Å². The summed E-state index contributed by atoms with van der Waals surface area (Å²) in [6.45, 7) is 12.5. The van der Waals surface area contributed by atoms with E-state index in [0.29, 0.717) is 13.2 Å². The highest BCUT2D eigenvalue weighted by molar-refractivity contribution is 14.0. The average molecular weight is 499 g/mol. The quantitative estimate of drug-likeness (QED) is 0.330. The van der Waals surface area contributed by atoms with Gasteiger partial charge in [0.05, 0.1) is 18.8 Å². The van der Waals surface area contributed by atoms with Crippen LogP contribution in [0.2, 0.25) is 0 Å². The molecular formula is C21H34IN5O. The molecule has 0 amide bonds. The molecule has 0 saturated heterocycles. The molecule has 1 aromatic carbocycles. The van der Waals surface area contributed by atoms with Gasteiger partial charge in [0.25, 0.3) is 0 Å². The molecule has 0 aliphatic rings. The van der Waals surface area contributed by atoms with E-state index in [1.165, 1.54) is 11.3 Å². The second-order valence-electron chi connectivity index (χ2n) is 6.76. The summed E-state index contributed by atoms with van der Waals surface area (Å²) in [4.78, 5) is 4.75. The van der Waals surface area contributed by atoms with E-state index in [1.54, 1.807) is 0 Å². The summed E-state index contributed by atoms with van der Waals surface area (Å²) in [5.74, 6) is 1.71. The van der Waals surface area contributed by atoms with Crippen molar-refractivity contribution >= 4 is 29.9 Å². The van der Waals surface area contributed by atoms with Crippen LogP contribution < -0.4 is 15.4 Å². The third-order valence-electron chi connectivity index (χ3n) is 4.58. The molecule has 1 unspecified atom stereocenters. The van der Waals surface area contributed by atoms with Crippen LogP contribution in [0.5, 0.6) is 5.75 Å². The number of aryl methyl sites for hydroxylation is 2. The lowest BCUT2D eigenvalue weighted by Crippen LogP contribution is -2.43. The summed E-state index contributed by atoms with van der Waals surface area (Å²) in [5.41, 5.74) is 4.70. The van der Waals surface area contributed by atoms with Gasteiger partial charge in [-0.1, -0.05) is 18.2 Å². The summed E-state index contributed by atoms with van der Waals surface area (Å²) in [5, 5.41) is 11.4. The number of aromatic nitrogens is 2. The maximum absolute atomic E-state index is 5.70. The molecular weight excluding hydrogens is 465 g/mol. The van der Waals surface area contributed by atoms with Crippen LogP contribution in [0.4, 0.5) is 0 Å². The molecule has 7 heteroatoms. The number of aliphatic imine (C=N–C) groups is 1. The first kappa shape index (κ1) is 24.3. The van der Waals surface area contributed by atoms with E-state index < -0.39 is 0 Å². The molecule has 1 aromatic heterocycles. The molecule has 2 N–H and O–H groups in total. The van der Waals surface area contributed by atoms with Crippen LogP contribution in [-0.2, 0) is 20.0 Å². The van der Waals surface area contributed by atoms with Crippen LogP contribution >= 0.6 is 24.0 Å². The fraction of sp³-hybridized carbons (Fsp3) is 0.524. The minimum absolute atomic E-state index is 0. The number of hydrogen-bond acceptors (Lipinski definition) is 3. The molecule has 0 saturated carbocycles. The number of guanidine groups is 1. The van der Waals surface area contributed by atoms with Crippen LogP contribution in [0.3, 0.4) is 0 Å². The first-order chi connectivity index (χ1) is 13.0. The van der Waals surface area contributed by atoms with Crippen molar-refractivity contribution < 1.29 is 4.74 Å². The first-order valence-corrected chi connectivity index (χ1v) is 9.70. The van der Waals surface area contributed by atoms with E-state index in [2.05, 4.69) is 49.5 Å². The lowest BCUT2D eigenvalue weighted by atomic mass is 10.1. The van der Waals surface area contributed by atoms with Gasteiger partial charge in [0.15, 0.2) is 5.96 Å². The smallest absolute Gasteiger partial charge is 0.191 e. The van der Waals surface area contributed by atoms with E-state index in [9.17, 15) is 0 Å².